The van der Waals surface area contributed by atoms with Crippen molar-refractivity contribution in [2.75, 3.05) is 18.4 Å². The average molecular weight is 368 g/mol. The Hall–Kier alpha value is -1.66. The number of hydrogen-bond donors (Lipinski definition) is 2. The molecule has 1 saturated carbocycles. The van der Waals surface area contributed by atoms with Crippen LogP contribution in [0, 0.1) is 17.7 Å². The summed E-state index contributed by atoms with van der Waals surface area (Å²) in [6, 6.07) is 4.25. The topological polar surface area (TPSA) is 75.4 Å². The minimum atomic E-state index is -0.516. The maximum atomic E-state index is 13.2. The predicted molar refractivity (Wildman–Crippen MR) is 94.7 cm³/mol. The van der Waals surface area contributed by atoms with Gasteiger partial charge >= 0.3 is 0 Å². The summed E-state index contributed by atoms with van der Waals surface area (Å²) < 4.78 is 13.2. The number of halogens is 2. The molecule has 3 rings (SSSR count). The highest BCUT2D eigenvalue weighted by Crippen LogP contribution is 2.28. The van der Waals surface area contributed by atoms with Crippen molar-refractivity contribution < 1.29 is 14.0 Å². The van der Waals surface area contributed by atoms with E-state index in [0.717, 1.165) is 19.3 Å². The Balaban J connectivity index is 1.50. The van der Waals surface area contributed by atoms with Gasteiger partial charge in [0.2, 0.25) is 11.8 Å². The van der Waals surface area contributed by atoms with Crippen molar-refractivity contribution in [3.63, 3.8) is 0 Å². The average Bonchev–Trinajstić information content (AvgIpc) is 3.04. The molecule has 0 aromatic heterocycles. The van der Waals surface area contributed by atoms with Gasteiger partial charge in [-0.05, 0) is 50.3 Å². The van der Waals surface area contributed by atoms with Gasteiger partial charge in [0.25, 0.3) is 0 Å². The van der Waals surface area contributed by atoms with Crippen LogP contribution in [-0.4, -0.2) is 35.8 Å². The molecule has 2 fully saturated rings. The maximum absolute atomic E-state index is 13.2. The third kappa shape index (κ3) is 4.30. The summed E-state index contributed by atoms with van der Waals surface area (Å²) >= 11 is 5.73. The molecule has 5 nitrogen and oxygen atoms in total. The van der Waals surface area contributed by atoms with Gasteiger partial charge in [-0.15, -0.1) is 0 Å². The van der Waals surface area contributed by atoms with E-state index < -0.39 is 5.82 Å². The number of nitrogens with zero attached hydrogens (tertiary/aromatic N) is 1. The van der Waals surface area contributed by atoms with Crippen molar-refractivity contribution in [2.24, 2.45) is 17.6 Å². The second kappa shape index (κ2) is 7.70. The highest BCUT2D eigenvalue weighted by molar-refractivity contribution is 6.31. The fourth-order valence-corrected chi connectivity index (χ4v) is 3.86. The van der Waals surface area contributed by atoms with E-state index in [0.29, 0.717) is 31.6 Å². The number of benzene rings is 1. The van der Waals surface area contributed by atoms with E-state index in [9.17, 15) is 14.0 Å². The van der Waals surface area contributed by atoms with Crippen molar-refractivity contribution in [1.82, 2.24) is 4.90 Å². The summed E-state index contributed by atoms with van der Waals surface area (Å²) in [6.07, 6.45) is 3.81. The molecule has 7 heteroatoms. The van der Waals surface area contributed by atoms with Crippen LogP contribution in [0.25, 0.3) is 0 Å². The smallest absolute Gasteiger partial charge is 0.227 e. The number of likely N-dealkylation sites (tertiary alicyclic amines) is 1. The zero-order chi connectivity index (χ0) is 18.0. The van der Waals surface area contributed by atoms with E-state index in [1.165, 1.54) is 18.2 Å². The Bertz CT molecular complexity index is 662. The van der Waals surface area contributed by atoms with Crippen molar-refractivity contribution in [3.05, 3.63) is 29.0 Å². The second-order valence-electron chi connectivity index (χ2n) is 6.99. The maximum Gasteiger partial charge on any atom is 0.227 e. The molecule has 136 valence electrons. The number of amides is 2. The summed E-state index contributed by atoms with van der Waals surface area (Å²) in [5, 5.41) is 2.75. The van der Waals surface area contributed by atoms with E-state index in [1.807, 2.05) is 4.90 Å². The molecule has 2 amide bonds. The van der Waals surface area contributed by atoms with Gasteiger partial charge in [-0.3, -0.25) is 9.59 Å². The van der Waals surface area contributed by atoms with Crippen molar-refractivity contribution >= 4 is 29.1 Å². The summed E-state index contributed by atoms with van der Waals surface area (Å²) in [7, 11) is 0. The molecular formula is C18H23ClFN3O2. The molecule has 0 bridgehead atoms. The monoisotopic (exact) mass is 367 g/mol. The zero-order valence-electron chi connectivity index (χ0n) is 14.0. The quantitative estimate of drug-likeness (QED) is 0.862. The minimum Gasteiger partial charge on any atom is -0.342 e. The van der Waals surface area contributed by atoms with Crippen LogP contribution in [-0.2, 0) is 9.59 Å². The Morgan fingerprint density at radius 1 is 1.16 bits per heavy atom. The van der Waals surface area contributed by atoms with Crippen molar-refractivity contribution in [3.8, 4) is 0 Å². The van der Waals surface area contributed by atoms with Gasteiger partial charge in [0.15, 0.2) is 0 Å². The molecule has 1 aliphatic carbocycles. The van der Waals surface area contributed by atoms with E-state index in [-0.39, 0.29) is 34.7 Å². The first-order valence-electron chi connectivity index (χ1n) is 8.74. The zero-order valence-corrected chi connectivity index (χ0v) is 14.8. The van der Waals surface area contributed by atoms with Crippen LogP contribution < -0.4 is 11.1 Å². The van der Waals surface area contributed by atoms with Crippen LogP contribution in [0.4, 0.5) is 10.1 Å². The Kier molecular flexibility index (Phi) is 5.59. The number of nitrogens with one attached hydrogen (secondary N) is 1. The normalized spacial score (nSPS) is 24.4. The van der Waals surface area contributed by atoms with Gasteiger partial charge in [-0.1, -0.05) is 11.6 Å². The number of rotatable bonds is 3. The van der Waals surface area contributed by atoms with Crippen molar-refractivity contribution in [2.45, 2.75) is 38.1 Å². The Morgan fingerprint density at radius 2 is 1.88 bits per heavy atom. The first kappa shape index (κ1) is 18.1. The number of carbonyl (C=O) groups is 2. The number of piperidine rings is 1. The SMILES string of the molecule is NC1CCC(C(=O)N2CCC(C(=O)Nc3ccc(F)c(Cl)c3)CC2)C1. The summed E-state index contributed by atoms with van der Waals surface area (Å²) in [6.45, 7) is 1.18. The highest BCUT2D eigenvalue weighted by Gasteiger charge is 2.34. The Morgan fingerprint density at radius 3 is 2.48 bits per heavy atom. The third-order valence-electron chi connectivity index (χ3n) is 5.19. The molecule has 1 aromatic carbocycles. The fraction of sp³-hybridized carbons (Fsp3) is 0.556. The molecule has 1 heterocycles. The van der Waals surface area contributed by atoms with Gasteiger partial charge in [-0.2, -0.15) is 0 Å². The van der Waals surface area contributed by atoms with Crippen LogP contribution in [0.15, 0.2) is 18.2 Å². The van der Waals surface area contributed by atoms with Crippen LogP contribution in [0.3, 0.4) is 0 Å². The first-order chi connectivity index (χ1) is 11.9. The highest BCUT2D eigenvalue weighted by atomic mass is 35.5. The van der Waals surface area contributed by atoms with E-state index in [4.69, 9.17) is 17.3 Å². The number of anilines is 1. The molecule has 2 unspecified atom stereocenters. The van der Waals surface area contributed by atoms with Gasteiger partial charge in [0.05, 0.1) is 5.02 Å². The lowest BCUT2D eigenvalue weighted by atomic mass is 9.94. The molecule has 2 aliphatic rings. The summed E-state index contributed by atoms with van der Waals surface area (Å²) in [4.78, 5) is 26.7. The third-order valence-corrected chi connectivity index (χ3v) is 5.48. The van der Waals surface area contributed by atoms with E-state index >= 15 is 0 Å². The van der Waals surface area contributed by atoms with E-state index in [2.05, 4.69) is 5.32 Å². The number of carbonyl (C=O) groups excluding carboxylic acids is 2. The summed E-state index contributed by atoms with van der Waals surface area (Å²) in [5.74, 6) is -0.562. The molecule has 25 heavy (non-hydrogen) atoms. The lowest BCUT2D eigenvalue weighted by Crippen LogP contribution is -2.43. The van der Waals surface area contributed by atoms with Gasteiger partial charge in [-0.25, -0.2) is 4.39 Å². The molecule has 1 aliphatic heterocycles. The largest absolute Gasteiger partial charge is 0.342 e. The first-order valence-corrected chi connectivity index (χ1v) is 9.12. The van der Waals surface area contributed by atoms with Crippen molar-refractivity contribution in [1.29, 1.82) is 0 Å². The van der Waals surface area contributed by atoms with Crippen LogP contribution in [0.2, 0.25) is 5.02 Å². The number of hydrogen-bond acceptors (Lipinski definition) is 3. The predicted octanol–water partition coefficient (Wildman–Crippen LogP) is 2.78. The minimum absolute atomic E-state index is 0.0204. The lowest BCUT2D eigenvalue weighted by molar-refractivity contribution is -0.138. The fourth-order valence-electron chi connectivity index (χ4n) is 3.68. The molecule has 0 radical (unpaired) electrons. The molecule has 2 atom stereocenters. The molecular weight excluding hydrogens is 345 g/mol. The second-order valence-corrected chi connectivity index (χ2v) is 7.39. The van der Waals surface area contributed by atoms with Gasteiger partial charge in [0, 0.05) is 36.7 Å². The van der Waals surface area contributed by atoms with Crippen LogP contribution >= 0.6 is 11.6 Å². The summed E-state index contributed by atoms with van der Waals surface area (Å²) in [5.41, 5.74) is 6.37. The lowest BCUT2D eigenvalue weighted by Gasteiger charge is -2.33. The Labute approximate surface area is 151 Å². The van der Waals surface area contributed by atoms with Gasteiger partial charge < -0.3 is 16.0 Å². The molecule has 3 N–H and O–H groups in total. The molecule has 1 saturated heterocycles. The van der Waals surface area contributed by atoms with E-state index in [1.54, 1.807) is 0 Å². The van der Waals surface area contributed by atoms with Crippen LogP contribution in [0.1, 0.15) is 32.1 Å². The molecule has 0 spiro atoms. The number of nitrogens with two attached hydrogens (primary N) is 1. The standard InChI is InChI=1S/C18H23ClFN3O2/c19-15-10-14(3-4-16(15)20)22-17(24)11-5-7-23(8-6-11)18(25)12-1-2-13(21)9-12/h3-4,10-13H,1-2,5-9,21H2,(H,22,24). The molecule has 1 aromatic rings. The van der Waals surface area contributed by atoms with Crippen LogP contribution in [0.5, 0.6) is 0 Å². The van der Waals surface area contributed by atoms with Gasteiger partial charge in [0.1, 0.15) is 5.82 Å².